The van der Waals surface area contributed by atoms with E-state index in [1.807, 2.05) is 66.9 Å². The van der Waals surface area contributed by atoms with E-state index in [-0.39, 0.29) is 23.7 Å². The Morgan fingerprint density at radius 2 is 1.36 bits per heavy atom. The molecule has 0 unspecified atom stereocenters. The molecule has 0 spiro atoms. The maximum absolute atomic E-state index is 14.0. The fraction of sp³-hybridized carbons (Fsp3) is 0.382. The van der Waals surface area contributed by atoms with Crippen LogP contribution in [0.4, 0.5) is 4.79 Å². The van der Waals surface area contributed by atoms with Crippen LogP contribution in [0.2, 0.25) is 0 Å². The third-order valence-corrected chi connectivity index (χ3v) is 9.18. The zero-order valence-electron chi connectivity index (χ0n) is 24.9. The van der Waals surface area contributed by atoms with Crippen molar-refractivity contribution in [1.82, 2.24) is 24.7 Å². The summed E-state index contributed by atoms with van der Waals surface area (Å²) in [6.45, 7) is 11.0. The van der Waals surface area contributed by atoms with Crippen LogP contribution >= 0.6 is 0 Å². The second-order valence-corrected chi connectivity index (χ2v) is 12.0. The van der Waals surface area contributed by atoms with Crippen molar-refractivity contribution in [2.24, 2.45) is 0 Å². The minimum absolute atomic E-state index is 0.0438. The number of imide groups is 1. The summed E-state index contributed by atoms with van der Waals surface area (Å²) in [7, 11) is 0. The molecule has 3 heterocycles. The number of carbonyl (C=O) groups excluding carboxylic acids is 2. The van der Waals surface area contributed by atoms with Crippen molar-refractivity contribution in [2.45, 2.75) is 58.5 Å². The van der Waals surface area contributed by atoms with Crippen molar-refractivity contribution in [1.29, 1.82) is 0 Å². The van der Waals surface area contributed by atoms with Gasteiger partial charge >= 0.3 is 11.7 Å². The van der Waals surface area contributed by atoms with Gasteiger partial charge in [0.05, 0.1) is 11.0 Å². The Hall–Kier alpha value is -4.17. The van der Waals surface area contributed by atoms with Crippen LogP contribution in [0.1, 0.15) is 58.7 Å². The van der Waals surface area contributed by atoms with E-state index >= 15 is 0 Å². The highest BCUT2D eigenvalue weighted by atomic mass is 16.2. The molecule has 2 fully saturated rings. The first-order valence-corrected chi connectivity index (χ1v) is 14.9. The van der Waals surface area contributed by atoms with Crippen LogP contribution < -0.4 is 11.0 Å². The molecule has 2 aliphatic rings. The standard InChI is InChI=1S/C34H39N5O3/c1-22-6-10-26(11-7-22)34(27-12-8-23(2)9-13-27)31(40)38(33(42)36-34)17-5-16-37-18-14-28(15-19-37)39-30-21-25(4)24(3)20-29(30)35-32(39)41/h6-13,20-21,28H,5,14-19H2,1-4H3,(H,35,41)(H,36,42). The number of rotatable bonds is 7. The van der Waals surface area contributed by atoms with Crippen LogP contribution in [0.25, 0.3) is 11.0 Å². The van der Waals surface area contributed by atoms with Crippen LogP contribution in [-0.2, 0) is 10.3 Å². The normalized spacial score (nSPS) is 17.8. The first kappa shape index (κ1) is 28.0. The molecule has 2 saturated heterocycles. The number of aryl methyl sites for hydroxylation is 4. The van der Waals surface area contributed by atoms with Gasteiger partial charge in [-0.15, -0.1) is 0 Å². The second kappa shape index (κ2) is 10.9. The molecule has 8 nitrogen and oxygen atoms in total. The Balaban J connectivity index is 1.12. The minimum Gasteiger partial charge on any atom is -0.315 e. The van der Waals surface area contributed by atoms with E-state index in [0.717, 1.165) is 65.8 Å². The average Bonchev–Trinajstić information content (AvgIpc) is 3.42. The van der Waals surface area contributed by atoms with Gasteiger partial charge in [0.25, 0.3) is 5.91 Å². The number of urea groups is 1. The van der Waals surface area contributed by atoms with Crippen molar-refractivity contribution < 1.29 is 9.59 Å². The van der Waals surface area contributed by atoms with Crippen LogP contribution in [-0.4, -0.2) is 57.5 Å². The molecule has 0 bridgehead atoms. The smallest absolute Gasteiger partial charge is 0.315 e. The molecular formula is C34H39N5O3. The van der Waals surface area contributed by atoms with Gasteiger partial charge in [-0.05, 0) is 87.9 Å². The van der Waals surface area contributed by atoms with Gasteiger partial charge in [0, 0.05) is 25.7 Å². The third kappa shape index (κ3) is 4.83. The highest BCUT2D eigenvalue weighted by Crippen LogP contribution is 2.36. The fourth-order valence-corrected chi connectivity index (χ4v) is 6.55. The van der Waals surface area contributed by atoms with E-state index < -0.39 is 5.54 Å². The Morgan fingerprint density at radius 1 is 0.786 bits per heavy atom. The van der Waals surface area contributed by atoms with E-state index in [9.17, 15) is 14.4 Å². The van der Waals surface area contributed by atoms with Gasteiger partial charge in [-0.2, -0.15) is 0 Å². The Labute approximate surface area is 246 Å². The third-order valence-electron chi connectivity index (χ3n) is 9.18. The number of aromatic amines is 1. The van der Waals surface area contributed by atoms with E-state index in [4.69, 9.17) is 0 Å². The van der Waals surface area contributed by atoms with Gasteiger partial charge in [-0.1, -0.05) is 59.7 Å². The second-order valence-electron chi connectivity index (χ2n) is 12.0. The van der Waals surface area contributed by atoms with Gasteiger partial charge in [0.1, 0.15) is 0 Å². The van der Waals surface area contributed by atoms with Crippen molar-refractivity contribution in [2.75, 3.05) is 26.2 Å². The summed E-state index contributed by atoms with van der Waals surface area (Å²) in [5, 5.41) is 3.06. The minimum atomic E-state index is -1.24. The first-order chi connectivity index (χ1) is 20.2. The summed E-state index contributed by atoms with van der Waals surface area (Å²) in [5.41, 5.74) is 6.66. The topological polar surface area (TPSA) is 90.4 Å². The number of likely N-dealkylation sites (tertiary alicyclic amines) is 1. The molecule has 1 aromatic heterocycles. The summed E-state index contributed by atoms with van der Waals surface area (Å²) in [5.74, 6) is -0.233. The van der Waals surface area contributed by atoms with Crippen LogP contribution in [0, 0.1) is 27.7 Å². The maximum Gasteiger partial charge on any atom is 0.326 e. The highest BCUT2D eigenvalue weighted by molar-refractivity contribution is 6.09. The average molecular weight is 566 g/mol. The molecule has 8 heteroatoms. The van der Waals surface area contributed by atoms with Gasteiger partial charge in [0.2, 0.25) is 0 Å². The Kier molecular flexibility index (Phi) is 7.27. The lowest BCUT2D eigenvalue weighted by Gasteiger charge is -2.33. The number of nitrogens with zero attached hydrogens (tertiary/aromatic N) is 3. The number of benzene rings is 3. The number of imidazole rings is 1. The van der Waals surface area contributed by atoms with Crippen molar-refractivity contribution >= 4 is 23.0 Å². The van der Waals surface area contributed by atoms with E-state index in [1.54, 1.807) is 0 Å². The van der Waals surface area contributed by atoms with Gasteiger partial charge in [-0.25, -0.2) is 9.59 Å². The van der Waals surface area contributed by atoms with Crippen molar-refractivity contribution in [3.05, 3.63) is 105 Å². The van der Waals surface area contributed by atoms with Gasteiger partial charge in [-0.3, -0.25) is 14.3 Å². The number of H-pyrrole nitrogens is 1. The molecule has 3 aromatic carbocycles. The quantitative estimate of drug-likeness (QED) is 0.306. The Morgan fingerprint density at radius 3 is 1.95 bits per heavy atom. The number of aromatic nitrogens is 2. The van der Waals surface area contributed by atoms with Gasteiger partial charge in [0.15, 0.2) is 5.54 Å². The number of fused-ring (bicyclic) bond motifs is 1. The molecule has 6 rings (SSSR count). The number of hydrogen-bond donors (Lipinski definition) is 2. The van der Waals surface area contributed by atoms with Crippen LogP contribution in [0.3, 0.4) is 0 Å². The lowest BCUT2D eigenvalue weighted by atomic mass is 9.82. The van der Waals surface area contributed by atoms with Crippen LogP contribution in [0.15, 0.2) is 65.5 Å². The maximum atomic E-state index is 14.0. The number of hydrogen-bond acceptors (Lipinski definition) is 4. The highest BCUT2D eigenvalue weighted by Gasteiger charge is 2.53. The summed E-state index contributed by atoms with van der Waals surface area (Å²) in [6, 6.07) is 19.6. The summed E-state index contributed by atoms with van der Waals surface area (Å²) < 4.78 is 1.93. The lowest BCUT2D eigenvalue weighted by molar-refractivity contribution is -0.130. The monoisotopic (exact) mass is 565 g/mol. The van der Waals surface area contributed by atoms with E-state index in [1.165, 1.54) is 16.0 Å². The summed E-state index contributed by atoms with van der Waals surface area (Å²) >= 11 is 0. The molecule has 3 amide bonds. The van der Waals surface area contributed by atoms with Gasteiger partial charge < -0.3 is 15.2 Å². The zero-order valence-corrected chi connectivity index (χ0v) is 24.9. The molecule has 4 aromatic rings. The molecule has 218 valence electrons. The van der Waals surface area contributed by atoms with Crippen molar-refractivity contribution in [3.8, 4) is 0 Å². The predicted octanol–water partition coefficient (Wildman–Crippen LogP) is 5.09. The molecule has 0 aliphatic carbocycles. The largest absolute Gasteiger partial charge is 0.326 e. The molecular weight excluding hydrogens is 526 g/mol. The number of nitrogens with one attached hydrogen (secondary N) is 2. The number of carbonyl (C=O) groups is 2. The van der Waals surface area contributed by atoms with E-state index in [2.05, 4.69) is 41.2 Å². The Bertz CT molecular complexity index is 1650. The van der Waals surface area contributed by atoms with Crippen LogP contribution in [0.5, 0.6) is 0 Å². The number of amides is 3. The van der Waals surface area contributed by atoms with Crippen molar-refractivity contribution in [3.63, 3.8) is 0 Å². The lowest BCUT2D eigenvalue weighted by Crippen LogP contribution is -2.45. The predicted molar refractivity (Wildman–Crippen MR) is 165 cm³/mol. The summed E-state index contributed by atoms with van der Waals surface area (Å²) in [6.07, 6.45) is 2.45. The molecule has 2 N–H and O–H groups in total. The zero-order chi connectivity index (χ0) is 29.6. The molecule has 0 saturated carbocycles. The first-order valence-electron chi connectivity index (χ1n) is 14.9. The molecule has 0 radical (unpaired) electrons. The number of piperidine rings is 1. The summed E-state index contributed by atoms with van der Waals surface area (Å²) in [4.78, 5) is 46.9. The molecule has 0 atom stereocenters. The molecule has 2 aliphatic heterocycles. The molecule has 42 heavy (non-hydrogen) atoms. The fourth-order valence-electron chi connectivity index (χ4n) is 6.55. The van der Waals surface area contributed by atoms with E-state index in [0.29, 0.717) is 13.0 Å². The SMILES string of the molecule is Cc1ccc(C2(c3ccc(C)cc3)NC(=O)N(CCCN3CCC(n4c(=O)[nH]c5cc(C)c(C)cc54)CC3)C2=O)cc1.